The third-order valence-electron chi connectivity index (χ3n) is 3.38. The van der Waals surface area contributed by atoms with E-state index in [-0.39, 0.29) is 6.29 Å². The molecule has 1 fully saturated rings. The molecule has 1 heterocycles. The maximum Gasteiger partial charge on any atom is 0.157 e. The highest BCUT2D eigenvalue weighted by Crippen LogP contribution is 2.18. The Hall–Kier alpha value is -1.12. The molecule has 2 heteroatoms. The second-order valence-electron chi connectivity index (χ2n) is 4.83. The fraction of sp³-hybridized carbons (Fsp3) is 0.500. The summed E-state index contributed by atoms with van der Waals surface area (Å²) in [4.78, 5) is 0. The van der Waals surface area contributed by atoms with Gasteiger partial charge < -0.3 is 9.47 Å². The van der Waals surface area contributed by atoms with Gasteiger partial charge in [0.15, 0.2) is 6.29 Å². The molecule has 0 spiro atoms. The number of aryl methyl sites for hydroxylation is 1. The highest BCUT2D eigenvalue weighted by atomic mass is 16.7. The molecule has 1 saturated heterocycles. The smallest absolute Gasteiger partial charge is 0.157 e. The summed E-state index contributed by atoms with van der Waals surface area (Å²) < 4.78 is 11.3. The molecule has 2 rings (SSSR count). The first-order chi connectivity index (χ1) is 8.77. The average Bonchev–Trinajstić information content (AvgIpc) is 2.40. The zero-order valence-corrected chi connectivity index (χ0v) is 11.3. The van der Waals surface area contributed by atoms with Crippen LogP contribution in [0.15, 0.2) is 30.3 Å². The van der Waals surface area contributed by atoms with Gasteiger partial charge in [0.2, 0.25) is 0 Å². The molecule has 1 aromatic carbocycles. The van der Waals surface area contributed by atoms with Crippen LogP contribution in [0.1, 0.15) is 37.3 Å². The van der Waals surface area contributed by atoms with Crippen molar-refractivity contribution in [3.05, 3.63) is 41.5 Å². The van der Waals surface area contributed by atoms with Gasteiger partial charge in [-0.15, -0.1) is 0 Å². The van der Waals surface area contributed by atoms with E-state index in [2.05, 4.69) is 44.2 Å². The second kappa shape index (κ2) is 6.72. The zero-order chi connectivity index (χ0) is 12.8. The van der Waals surface area contributed by atoms with Crippen LogP contribution in [0.5, 0.6) is 0 Å². The second-order valence-corrected chi connectivity index (χ2v) is 4.83. The van der Waals surface area contributed by atoms with Crippen LogP contribution in [0.3, 0.4) is 0 Å². The average molecular weight is 246 g/mol. The summed E-state index contributed by atoms with van der Waals surface area (Å²) in [7, 11) is 0. The quantitative estimate of drug-likeness (QED) is 0.801. The molecule has 1 aliphatic heterocycles. The third kappa shape index (κ3) is 3.69. The number of benzene rings is 1. The highest BCUT2D eigenvalue weighted by molar-refractivity contribution is 5.66. The van der Waals surface area contributed by atoms with E-state index in [1.54, 1.807) is 0 Å². The van der Waals surface area contributed by atoms with Crippen LogP contribution < -0.4 is 0 Å². The van der Waals surface area contributed by atoms with Crippen molar-refractivity contribution in [1.82, 2.24) is 0 Å². The van der Waals surface area contributed by atoms with Crippen molar-refractivity contribution in [2.75, 3.05) is 13.2 Å². The molecule has 98 valence electrons. The first-order valence-corrected chi connectivity index (χ1v) is 6.73. The van der Waals surface area contributed by atoms with Gasteiger partial charge in [0, 0.05) is 6.61 Å². The fourth-order valence-corrected chi connectivity index (χ4v) is 2.25. The summed E-state index contributed by atoms with van der Waals surface area (Å²) in [5.41, 5.74) is 3.87. The molecule has 0 N–H and O–H groups in total. The van der Waals surface area contributed by atoms with Gasteiger partial charge in [-0.3, -0.25) is 0 Å². The minimum atomic E-state index is -0.000305. The molecular weight excluding hydrogens is 224 g/mol. The maximum absolute atomic E-state index is 5.72. The summed E-state index contributed by atoms with van der Waals surface area (Å²) in [6, 6.07) is 8.43. The Balaban J connectivity index is 1.87. The van der Waals surface area contributed by atoms with E-state index in [9.17, 15) is 0 Å². The van der Waals surface area contributed by atoms with E-state index < -0.39 is 0 Å². The van der Waals surface area contributed by atoms with Gasteiger partial charge in [0.25, 0.3) is 0 Å². The van der Waals surface area contributed by atoms with Gasteiger partial charge in [-0.1, -0.05) is 30.3 Å². The Morgan fingerprint density at radius 1 is 1.39 bits per heavy atom. The van der Waals surface area contributed by atoms with Crippen LogP contribution in [0.2, 0.25) is 0 Å². The van der Waals surface area contributed by atoms with E-state index in [1.165, 1.54) is 23.1 Å². The standard InChI is InChI=1S/C16H22O2/c1-13-7-3-4-8-15(13)14(2)10-12-18-16-9-5-6-11-17-16/h3-4,7-8,10,16H,5-6,9,11-12H2,1-2H3/b14-10-. The Morgan fingerprint density at radius 2 is 2.22 bits per heavy atom. The number of allylic oxidation sites excluding steroid dienone is 1. The summed E-state index contributed by atoms with van der Waals surface area (Å²) in [5, 5.41) is 0. The molecule has 1 aromatic rings. The molecule has 1 aliphatic rings. The van der Waals surface area contributed by atoms with Crippen molar-refractivity contribution < 1.29 is 9.47 Å². The zero-order valence-electron chi connectivity index (χ0n) is 11.3. The molecule has 2 nitrogen and oxygen atoms in total. The predicted molar refractivity (Wildman–Crippen MR) is 74.4 cm³/mol. The van der Waals surface area contributed by atoms with Gasteiger partial charge in [-0.2, -0.15) is 0 Å². The van der Waals surface area contributed by atoms with Crippen molar-refractivity contribution in [2.45, 2.75) is 39.4 Å². The number of rotatable bonds is 4. The van der Waals surface area contributed by atoms with E-state index in [1.807, 2.05) is 0 Å². The van der Waals surface area contributed by atoms with Crippen molar-refractivity contribution in [2.24, 2.45) is 0 Å². The van der Waals surface area contributed by atoms with Crippen LogP contribution in [-0.4, -0.2) is 19.5 Å². The summed E-state index contributed by atoms with van der Waals surface area (Å²) in [6.45, 7) is 5.74. The van der Waals surface area contributed by atoms with Crippen molar-refractivity contribution in [1.29, 1.82) is 0 Å². The van der Waals surface area contributed by atoms with Crippen molar-refractivity contribution in [3.8, 4) is 0 Å². The summed E-state index contributed by atoms with van der Waals surface area (Å²) in [5.74, 6) is 0. The fourth-order valence-electron chi connectivity index (χ4n) is 2.25. The lowest BCUT2D eigenvalue weighted by atomic mass is 10.0. The SMILES string of the molecule is C/C(=C/COC1CCCCO1)c1ccccc1C. The van der Waals surface area contributed by atoms with Gasteiger partial charge in [0.05, 0.1) is 6.61 Å². The highest BCUT2D eigenvalue weighted by Gasteiger charge is 2.12. The molecule has 0 aromatic heterocycles. The molecule has 0 amide bonds. The lowest BCUT2D eigenvalue weighted by molar-refractivity contribution is -0.155. The molecule has 1 atom stereocenters. The third-order valence-corrected chi connectivity index (χ3v) is 3.38. The van der Waals surface area contributed by atoms with Crippen LogP contribution in [-0.2, 0) is 9.47 Å². The first kappa shape index (κ1) is 13.3. The van der Waals surface area contributed by atoms with Gasteiger partial charge in [-0.05, 0) is 49.8 Å². The lowest BCUT2D eigenvalue weighted by Gasteiger charge is -2.22. The van der Waals surface area contributed by atoms with Crippen molar-refractivity contribution in [3.63, 3.8) is 0 Å². The monoisotopic (exact) mass is 246 g/mol. The molecule has 0 saturated carbocycles. The van der Waals surface area contributed by atoms with Crippen molar-refractivity contribution >= 4 is 5.57 Å². The summed E-state index contributed by atoms with van der Waals surface area (Å²) in [6.07, 6.45) is 5.54. The normalized spacial score (nSPS) is 21.0. The molecule has 0 radical (unpaired) electrons. The van der Waals surface area contributed by atoms with E-state index in [4.69, 9.17) is 9.47 Å². The van der Waals surface area contributed by atoms with Crippen LogP contribution in [0.25, 0.3) is 5.57 Å². The van der Waals surface area contributed by atoms with E-state index in [0.717, 1.165) is 19.4 Å². The molecular formula is C16H22O2. The minimum Gasteiger partial charge on any atom is -0.353 e. The first-order valence-electron chi connectivity index (χ1n) is 6.73. The molecule has 0 aliphatic carbocycles. The number of ether oxygens (including phenoxy) is 2. The van der Waals surface area contributed by atoms with Crippen LogP contribution in [0.4, 0.5) is 0 Å². The molecule has 1 unspecified atom stereocenters. The lowest BCUT2D eigenvalue weighted by Crippen LogP contribution is -2.22. The van der Waals surface area contributed by atoms with E-state index in [0.29, 0.717) is 6.61 Å². The number of hydrogen-bond acceptors (Lipinski definition) is 2. The Kier molecular flexibility index (Phi) is 4.97. The van der Waals surface area contributed by atoms with Gasteiger partial charge >= 0.3 is 0 Å². The van der Waals surface area contributed by atoms with Crippen LogP contribution in [0, 0.1) is 6.92 Å². The van der Waals surface area contributed by atoms with Gasteiger partial charge in [-0.25, -0.2) is 0 Å². The largest absolute Gasteiger partial charge is 0.353 e. The Morgan fingerprint density at radius 3 is 2.94 bits per heavy atom. The Bertz CT molecular complexity index is 403. The molecule has 18 heavy (non-hydrogen) atoms. The Labute approximate surface area is 110 Å². The number of hydrogen-bond donors (Lipinski definition) is 0. The topological polar surface area (TPSA) is 18.5 Å². The van der Waals surface area contributed by atoms with Crippen LogP contribution >= 0.6 is 0 Å². The summed E-state index contributed by atoms with van der Waals surface area (Å²) >= 11 is 0. The predicted octanol–water partition coefficient (Wildman–Crippen LogP) is 3.94. The molecule has 0 bridgehead atoms. The van der Waals surface area contributed by atoms with E-state index >= 15 is 0 Å². The maximum atomic E-state index is 5.72. The van der Waals surface area contributed by atoms with Gasteiger partial charge in [0.1, 0.15) is 0 Å². The minimum absolute atomic E-state index is 0.000305.